The topological polar surface area (TPSA) is 61.6 Å². The van der Waals surface area contributed by atoms with Crippen LogP contribution in [-0.4, -0.2) is 24.9 Å². The molecular weight excluding hydrogens is 134 g/mol. The Balaban J connectivity index is 2.33. The Kier molecular flexibility index (Phi) is 2.24. The van der Waals surface area contributed by atoms with E-state index >= 15 is 0 Å². The van der Waals surface area contributed by atoms with E-state index < -0.39 is 12.3 Å². The molecule has 1 heterocycles. The summed E-state index contributed by atoms with van der Waals surface area (Å²) in [6.45, 7) is 2.14. The van der Waals surface area contributed by atoms with Crippen molar-refractivity contribution in [2.24, 2.45) is 5.73 Å². The van der Waals surface area contributed by atoms with Crippen molar-refractivity contribution >= 4 is 5.97 Å². The van der Waals surface area contributed by atoms with E-state index in [4.69, 9.17) is 10.5 Å². The highest BCUT2D eigenvalue weighted by molar-refractivity contribution is 5.76. The van der Waals surface area contributed by atoms with E-state index in [9.17, 15) is 4.79 Å². The van der Waals surface area contributed by atoms with E-state index in [1.807, 2.05) is 0 Å². The summed E-state index contributed by atoms with van der Waals surface area (Å²) in [5.74, 6) is -0.294. The molecule has 4 nitrogen and oxygen atoms in total. The number of hydrogen-bond donors (Lipinski definition) is 1. The predicted octanol–water partition coefficient (Wildman–Crippen LogP) is -0.377. The fourth-order valence-electron chi connectivity index (χ4n) is 0.860. The SMILES string of the molecule is CC(N)OC1CCOC1=O. The summed E-state index contributed by atoms with van der Waals surface area (Å²) in [7, 11) is 0. The first-order valence-electron chi connectivity index (χ1n) is 3.28. The first kappa shape index (κ1) is 7.50. The number of carbonyl (C=O) groups is 1. The second-order valence-corrected chi connectivity index (χ2v) is 2.29. The summed E-state index contributed by atoms with van der Waals surface area (Å²) in [5.41, 5.74) is 5.30. The third-order valence-corrected chi connectivity index (χ3v) is 1.27. The quantitative estimate of drug-likeness (QED) is 0.425. The van der Waals surface area contributed by atoms with Crippen molar-refractivity contribution in [3.8, 4) is 0 Å². The number of carbonyl (C=O) groups excluding carboxylic acids is 1. The largest absolute Gasteiger partial charge is 0.464 e. The van der Waals surface area contributed by atoms with Gasteiger partial charge in [0.05, 0.1) is 6.61 Å². The lowest BCUT2D eigenvalue weighted by molar-refractivity contribution is -0.149. The van der Waals surface area contributed by atoms with Crippen LogP contribution in [0.5, 0.6) is 0 Å². The van der Waals surface area contributed by atoms with Crippen molar-refractivity contribution in [2.75, 3.05) is 6.61 Å². The third-order valence-electron chi connectivity index (χ3n) is 1.27. The van der Waals surface area contributed by atoms with Gasteiger partial charge in [0.15, 0.2) is 6.10 Å². The summed E-state index contributed by atoms with van der Waals surface area (Å²) in [6.07, 6.45) is -0.198. The molecule has 0 aromatic rings. The van der Waals surface area contributed by atoms with E-state index in [0.29, 0.717) is 13.0 Å². The summed E-state index contributed by atoms with van der Waals surface area (Å²) in [4.78, 5) is 10.7. The zero-order valence-corrected chi connectivity index (χ0v) is 5.87. The average molecular weight is 145 g/mol. The van der Waals surface area contributed by atoms with Crippen molar-refractivity contribution in [3.05, 3.63) is 0 Å². The Bertz CT molecular complexity index is 135. The van der Waals surface area contributed by atoms with E-state index in [1.165, 1.54) is 0 Å². The van der Waals surface area contributed by atoms with Crippen LogP contribution in [0.25, 0.3) is 0 Å². The van der Waals surface area contributed by atoms with Crippen LogP contribution < -0.4 is 5.73 Å². The van der Waals surface area contributed by atoms with Gasteiger partial charge in [-0.15, -0.1) is 0 Å². The minimum atomic E-state index is -0.431. The molecule has 0 bridgehead atoms. The molecule has 0 aliphatic carbocycles. The smallest absolute Gasteiger partial charge is 0.335 e. The lowest BCUT2D eigenvalue weighted by atomic mass is 10.3. The summed E-state index contributed by atoms with van der Waals surface area (Å²) in [6, 6.07) is 0. The molecule has 2 unspecified atom stereocenters. The highest BCUT2D eigenvalue weighted by Gasteiger charge is 2.27. The van der Waals surface area contributed by atoms with Gasteiger partial charge in [-0.2, -0.15) is 0 Å². The molecule has 0 saturated carbocycles. The Morgan fingerprint density at radius 1 is 1.90 bits per heavy atom. The lowest BCUT2D eigenvalue weighted by Crippen LogP contribution is -2.29. The summed E-state index contributed by atoms with van der Waals surface area (Å²) in [5, 5.41) is 0. The van der Waals surface area contributed by atoms with Crippen molar-refractivity contribution in [1.82, 2.24) is 0 Å². The van der Waals surface area contributed by atoms with Crippen LogP contribution in [0, 0.1) is 0 Å². The van der Waals surface area contributed by atoms with E-state index in [0.717, 1.165) is 0 Å². The first-order valence-corrected chi connectivity index (χ1v) is 3.28. The highest BCUT2D eigenvalue weighted by atomic mass is 16.6. The van der Waals surface area contributed by atoms with Gasteiger partial charge in [0.2, 0.25) is 0 Å². The van der Waals surface area contributed by atoms with Gasteiger partial charge < -0.3 is 15.2 Å². The van der Waals surface area contributed by atoms with Crippen LogP contribution in [0.3, 0.4) is 0 Å². The molecule has 0 spiro atoms. The Morgan fingerprint density at radius 3 is 3.00 bits per heavy atom. The van der Waals surface area contributed by atoms with Crippen molar-refractivity contribution in [3.63, 3.8) is 0 Å². The maximum Gasteiger partial charge on any atom is 0.335 e. The molecule has 1 aliphatic heterocycles. The Labute approximate surface area is 59.3 Å². The highest BCUT2D eigenvalue weighted by Crippen LogP contribution is 2.10. The van der Waals surface area contributed by atoms with Gasteiger partial charge in [0.1, 0.15) is 6.23 Å². The molecule has 1 aliphatic rings. The fourth-order valence-corrected chi connectivity index (χ4v) is 0.860. The number of rotatable bonds is 2. The second kappa shape index (κ2) is 2.98. The van der Waals surface area contributed by atoms with Crippen LogP contribution in [-0.2, 0) is 14.3 Å². The normalized spacial score (nSPS) is 28.2. The van der Waals surface area contributed by atoms with Crippen LogP contribution in [0.1, 0.15) is 13.3 Å². The molecule has 1 rings (SSSR count). The maximum atomic E-state index is 10.7. The van der Waals surface area contributed by atoms with Crippen molar-refractivity contribution in [1.29, 1.82) is 0 Å². The zero-order valence-electron chi connectivity index (χ0n) is 5.87. The number of esters is 1. The molecule has 0 aromatic heterocycles. The van der Waals surface area contributed by atoms with Crippen molar-refractivity contribution < 1.29 is 14.3 Å². The van der Waals surface area contributed by atoms with Gasteiger partial charge in [0.25, 0.3) is 0 Å². The number of nitrogens with two attached hydrogens (primary N) is 1. The third kappa shape index (κ3) is 1.68. The van der Waals surface area contributed by atoms with Gasteiger partial charge in [0, 0.05) is 6.42 Å². The molecule has 2 atom stereocenters. The zero-order chi connectivity index (χ0) is 7.56. The fraction of sp³-hybridized carbons (Fsp3) is 0.833. The van der Waals surface area contributed by atoms with Gasteiger partial charge in [-0.05, 0) is 6.92 Å². The molecule has 0 aromatic carbocycles. The second-order valence-electron chi connectivity index (χ2n) is 2.29. The monoisotopic (exact) mass is 145 g/mol. The standard InChI is InChI=1S/C6H11NO3/c1-4(7)10-5-2-3-9-6(5)8/h4-5H,2-3,7H2,1H3. The summed E-state index contributed by atoms with van der Waals surface area (Å²) >= 11 is 0. The minimum Gasteiger partial charge on any atom is -0.464 e. The molecule has 2 N–H and O–H groups in total. The van der Waals surface area contributed by atoms with E-state index in [1.54, 1.807) is 6.92 Å². The Hall–Kier alpha value is -0.610. The summed E-state index contributed by atoms with van der Waals surface area (Å²) < 4.78 is 9.67. The number of ether oxygens (including phenoxy) is 2. The molecule has 1 saturated heterocycles. The molecule has 58 valence electrons. The van der Waals surface area contributed by atoms with E-state index in [-0.39, 0.29) is 5.97 Å². The van der Waals surface area contributed by atoms with Gasteiger partial charge >= 0.3 is 5.97 Å². The lowest BCUT2D eigenvalue weighted by Gasteiger charge is -2.10. The number of hydrogen-bond acceptors (Lipinski definition) is 4. The van der Waals surface area contributed by atoms with Crippen LogP contribution in [0.2, 0.25) is 0 Å². The minimum absolute atomic E-state index is 0.294. The molecule has 1 fully saturated rings. The van der Waals surface area contributed by atoms with Crippen molar-refractivity contribution in [2.45, 2.75) is 25.7 Å². The molecule has 10 heavy (non-hydrogen) atoms. The molecule has 0 amide bonds. The van der Waals surface area contributed by atoms with Gasteiger partial charge in [-0.3, -0.25) is 0 Å². The maximum absolute atomic E-state index is 10.7. The molecule has 4 heteroatoms. The first-order chi connectivity index (χ1) is 4.70. The van der Waals surface area contributed by atoms with Crippen LogP contribution in [0.4, 0.5) is 0 Å². The molecular formula is C6H11NO3. The average Bonchev–Trinajstić information content (AvgIpc) is 2.15. The van der Waals surface area contributed by atoms with Gasteiger partial charge in [-0.1, -0.05) is 0 Å². The predicted molar refractivity (Wildman–Crippen MR) is 34.1 cm³/mol. The van der Waals surface area contributed by atoms with E-state index in [2.05, 4.69) is 4.74 Å². The van der Waals surface area contributed by atoms with Crippen LogP contribution >= 0.6 is 0 Å². The Morgan fingerprint density at radius 2 is 2.60 bits per heavy atom. The molecule has 0 radical (unpaired) electrons. The van der Waals surface area contributed by atoms with Crippen LogP contribution in [0.15, 0.2) is 0 Å². The van der Waals surface area contributed by atoms with Gasteiger partial charge in [-0.25, -0.2) is 4.79 Å². The number of cyclic esters (lactones) is 1.